The number of nitrogens with zero attached hydrogens (tertiary/aromatic N) is 6. The van der Waals surface area contributed by atoms with Gasteiger partial charge in [0.05, 0.1) is 17.8 Å². The standard InChI is InChI=1S/C15H17N7O/c1-2-7-21-11-19-20-14(21)8-16-15(23)12-5-3-4-6-13(12)22-9-17-18-10-22/h3-6,9-11H,2,7-8H2,1H3,(H,16,23). The van der Waals surface area contributed by atoms with Gasteiger partial charge in [-0.25, -0.2) is 0 Å². The van der Waals surface area contributed by atoms with Gasteiger partial charge in [0, 0.05) is 6.54 Å². The Morgan fingerprint density at radius 3 is 2.70 bits per heavy atom. The maximum atomic E-state index is 12.5. The summed E-state index contributed by atoms with van der Waals surface area (Å²) in [5.74, 6) is 0.558. The van der Waals surface area contributed by atoms with Crippen LogP contribution in [0, 0.1) is 0 Å². The minimum atomic E-state index is -0.180. The van der Waals surface area contributed by atoms with E-state index >= 15 is 0 Å². The van der Waals surface area contributed by atoms with E-state index < -0.39 is 0 Å². The van der Waals surface area contributed by atoms with Crippen molar-refractivity contribution < 1.29 is 4.79 Å². The fraction of sp³-hybridized carbons (Fsp3) is 0.267. The molecule has 1 N–H and O–H groups in total. The first-order valence-corrected chi connectivity index (χ1v) is 7.38. The van der Waals surface area contributed by atoms with Crippen LogP contribution in [0.25, 0.3) is 5.69 Å². The molecule has 0 spiro atoms. The highest BCUT2D eigenvalue weighted by molar-refractivity contribution is 5.97. The summed E-state index contributed by atoms with van der Waals surface area (Å²) < 4.78 is 3.64. The van der Waals surface area contributed by atoms with E-state index in [1.807, 2.05) is 22.8 Å². The average Bonchev–Trinajstić information content (AvgIpc) is 3.25. The van der Waals surface area contributed by atoms with Crippen molar-refractivity contribution >= 4 is 5.91 Å². The Labute approximate surface area is 133 Å². The van der Waals surface area contributed by atoms with Crippen molar-refractivity contribution in [3.63, 3.8) is 0 Å². The average molecular weight is 311 g/mol. The minimum absolute atomic E-state index is 0.180. The predicted molar refractivity (Wildman–Crippen MR) is 82.8 cm³/mol. The second kappa shape index (κ2) is 6.82. The first-order chi connectivity index (χ1) is 11.3. The van der Waals surface area contributed by atoms with Crippen LogP contribution < -0.4 is 5.32 Å². The number of nitrogens with one attached hydrogen (secondary N) is 1. The van der Waals surface area contributed by atoms with Crippen molar-refractivity contribution in [3.8, 4) is 5.69 Å². The summed E-state index contributed by atoms with van der Waals surface area (Å²) in [6.45, 7) is 3.24. The molecular weight excluding hydrogens is 294 g/mol. The second-order valence-electron chi connectivity index (χ2n) is 5.01. The van der Waals surface area contributed by atoms with Gasteiger partial charge in [-0.3, -0.25) is 9.36 Å². The van der Waals surface area contributed by atoms with Crippen LogP contribution in [0.1, 0.15) is 29.5 Å². The molecule has 0 saturated carbocycles. The van der Waals surface area contributed by atoms with Crippen LogP contribution in [0.3, 0.4) is 0 Å². The lowest BCUT2D eigenvalue weighted by Gasteiger charge is -2.10. The monoisotopic (exact) mass is 311 g/mol. The first kappa shape index (κ1) is 14.9. The number of hydrogen-bond donors (Lipinski definition) is 1. The van der Waals surface area contributed by atoms with Crippen molar-refractivity contribution in [2.24, 2.45) is 0 Å². The van der Waals surface area contributed by atoms with Gasteiger partial charge < -0.3 is 9.88 Å². The van der Waals surface area contributed by atoms with Crippen LogP contribution in [0.15, 0.2) is 43.2 Å². The molecule has 0 aliphatic carbocycles. The maximum Gasteiger partial charge on any atom is 0.253 e. The molecule has 0 saturated heterocycles. The number of rotatable bonds is 6. The summed E-state index contributed by atoms with van der Waals surface area (Å²) in [5.41, 5.74) is 1.28. The fourth-order valence-corrected chi connectivity index (χ4v) is 2.31. The molecular formula is C15H17N7O. The third-order valence-electron chi connectivity index (χ3n) is 3.41. The Balaban J connectivity index is 1.75. The normalized spacial score (nSPS) is 10.7. The summed E-state index contributed by atoms with van der Waals surface area (Å²) in [4.78, 5) is 12.5. The lowest BCUT2D eigenvalue weighted by atomic mass is 10.1. The number of para-hydroxylation sites is 1. The molecule has 0 aliphatic rings. The van der Waals surface area contributed by atoms with Crippen molar-refractivity contribution in [1.82, 2.24) is 34.8 Å². The molecule has 2 aromatic heterocycles. The van der Waals surface area contributed by atoms with Gasteiger partial charge in [-0.15, -0.1) is 20.4 Å². The lowest BCUT2D eigenvalue weighted by Crippen LogP contribution is -2.25. The molecule has 23 heavy (non-hydrogen) atoms. The number of aromatic nitrogens is 6. The smallest absolute Gasteiger partial charge is 0.253 e. The van der Waals surface area contributed by atoms with Gasteiger partial charge in [0.2, 0.25) is 0 Å². The molecule has 1 amide bonds. The lowest BCUT2D eigenvalue weighted by molar-refractivity contribution is 0.0949. The molecule has 0 bridgehead atoms. The molecule has 8 heteroatoms. The van der Waals surface area contributed by atoms with Gasteiger partial charge in [0.1, 0.15) is 19.0 Å². The molecule has 1 aromatic carbocycles. The zero-order chi connectivity index (χ0) is 16.1. The summed E-state index contributed by atoms with van der Waals surface area (Å²) in [7, 11) is 0. The highest BCUT2D eigenvalue weighted by atomic mass is 16.1. The number of hydrogen-bond acceptors (Lipinski definition) is 5. The number of benzene rings is 1. The molecule has 118 valence electrons. The molecule has 0 aliphatic heterocycles. The summed E-state index contributed by atoms with van der Waals surface area (Å²) in [5, 5.41) is 18.4. The molecule has 0 radical (unpaired) electrons. The van der Waals surface area contributed by atoms with E-state index in [1.54, 1.807) is 29.6 Å². The Hall–Kier alpha value is -3.03. The van der Waals surface area contributed by atoms with E-state index in [-0.39, 0.29) is 5.91 Å². The third-order valence-corrected chi connectivity index (χ3v) is 3.41. The summed E-state index contributed by atoms with van der Waals surface area (Å²) >= 11 is 0. The van der Waals surface area contributed by atoms with Crippen LogP contribution in [0.2, 0.25) is 0 Å². The summed E-state index contributed by atoms with van der Waals surface area (Å²) in [6, 6.07) is 7.30. The topological polar surface area (TPSA) is 90.5 Å². The maximum absolute atomic E-state index is 12.5. The molecule has 8 nitrogen and oxygen atoms in total. The Morgan fingerprint density at radius 1 is 1.13 bits per heavy atom. The molecule has 0 fully saturated rings. The molecule has 3 aromatic rings. The van der Waals surface area contributed by atoms with Crippen molar-refractivity contribution in [3.05, 3.63) is 54.6 Å². The first-order valence-electron chi connectivity index (χ1n) is 7.38. The van der Waals surface area contributed by atoms with E-state index in [0.29, 0.717) is 12.1 Å². The summed E-state index contributed by atoms with van der Waals surface area (Å²) in [6.07, 6.45) is 5.78. The number of amides is 1. The predicted octanol–water partition coefficient (Wildman–Crippen LogP) is 1.20. The van der Waals surface area contributed by atoms with E-state index in [9.17, 15) is 4.79 Å². The van der Waals surface area contributed by atoms with Crippen molar-refractivity contribution in [2.75, 3.05) is 0 Å². The van der Waals surface area contributed by atoms with E-state index in [2.05, 4.69) is 32.6 Å². The third kappa shape index (κ3) is 3.25. The Kier molecular flexibility index (Phi) is 4.41. The van der Waals surface area contributed by atoms with Crippen LogP contribution >= 0.6 is 0 Å². The number of carbonyl (C=O) groups excluding carboxylic acids is 1. The zero-order valence-corrected chi connectivity index (χ0v) is 12.8. The van der Waals surface area contributed by atoms with Crippen LogP contribution in [0.4, 0.5) is 0 Å². The van der Waals surface area contributed by atoms with Gasteiger partial charge in [0.25, 0.3) is 5.91 Å². The Morgan fingerprint density at radius 2 is 1.91 bits per heavy atom. The molecule has 0 unspecified atom stereocenters. The molecule has 3 rings (SSSR count). The van der Waals surface area contributed by atoms with Crippen molar-refractivity contribution in [2.45, 2.75) is 26.4 Å². The molecule has 0 atom stereocenters. The quantitative estimate of drug-likeness (QED) is 0.738. The number of aryl methyl sites for hydroxylation is 1. The van der Waals surface area contributed by atoms with Crippen LogP contribution in [-0.2, 0) is 13.1 Å². The second-order valence-corrected chi connectivity index (χ2v) is 5.01. The van der Waals surface area contributed by atoms with Gasteiger partial charge in [-0.05, 0) is 18.6 Å². The van der Waals surface area contributed by atoms with E-state index in [0.717, 1.165) is 24.5 Å². The fourth-order valence-electron chi connectivity index (χ4n) is 2.31. The van der Waals surface area contributed by atoms with Gasteiger partial charge in [-0.1, -0.05) is 19.1 Å². The highest BCUT2D eigenvalue weighted by Gasteiger charge is 2.13. The Bertz CT molecular complexity index is 779. The van der Waals surface area contributed by atoms with Crippen LogP contribution in [-0.4, -0.2) is 35.4 Å². The molecule has 2 heterocycles. The van der Waals surface area contributed by atoms with E-state index in [1.165, 1.54) is 0 Å². The van der Waals surface area contributed by atoms with Gasteiger partial charge in [-0.2, -0.15) is 0 Å². The van der Waals surface area contributed by atoms with Gasteiger partial charge in [0.15, 0.2) is 5.82 Å². The van der Waals surface area contributed by atoms with Crippen LogP contribution in [0.5, 0.6) is 0 Å². The number of carbonyl (C=O) groups is 1. The highest BCUT2D eigenvalue weighted by Crippen LogP contribution is 2.13. The van der Waals surface area contributed by atoms with E-state index in [4.69, 9.17) is 0 Å². The van der Waals surface area contributed by atoms with Gasteiger partial charge >= 0.3 is 0 Å². The SMILES string of the molecule is CCCn1cnnc1CNC(=O)c1ccccc1-n1cnnc1. The minimum Gasteiger partial charge on any atom is -0.345 e. The van der Waals surface area contributed by atoms with Crippen molar-refractivity contribution in [1.29, 1.82) is 0 Å². The zero-order valence-electron chi connectivity index (χ0n) is 12.8. The largest absolute Gasteiger partial charge is 0.345 e.